The van der Waals surface area contributed by atoms with Gasteiger partial charge in [-0.2, -0.15) is 13.2 Å². The molecular formula is C16H22F3N5O. The molecule has 2 aliphatic heterocycles. The molecule has 2 saturated heterocycles. The number of nitrogens with zero attached hydrogens (tertiary/aromatic N) is 1. The van der Waals surface area contributed by atoms with Gasteiger partial charge >= 0.3 is 6.18 Å². The summed E-state index contributed by atoms with van der Waals surface area (Å²) in [5.74, 6) is -0.355. The first kappa shape index (κ1) is 18.1. The molecule has 5 unspecified atom stereocenters. The maximum atomic E-state index is 12.7. The molecule has 3 rings (SSSR count). The molecule has 0 aliphatic carbocycles. The second kappa shape index (κ2) is 6.56. The Hall–Kier alpha value is -1.68. The predicted octanol–water partition coefficient (Wildman–Crippen LogP) is 1.14. The summed E-state index contributed by atoms with van der Waals surface area (Å²) < 4.78 is 38.2. The molecule has 2 heterocycles. The monoisotopic (exact) mass is 357 g/mol. The van der Waals surface area contributed by atoms with Gasteiger partial charge in [0.05, 0.1) is 17.6 Å². The van der Waals surface area contributed by atoms with Crippen molar-refractivity contribution in [3.05, 3.63) is 35.4 Å². The summed E-state index contributed by atoms with van der Waals surface area (Å²) in [6.07, 6.45) is -4.97. The van der Waals surface area contributed by atoms with Crippen molar-refractivity contribution in [3.63, 3.8) is 0 Å². The molecule has 1 amide bonds. The number of carbonyl (C=O) groups is 1. The van der Waals surface area contributed by atoms with Gasteiger partial charge in [-0.3, -0.25) is 15.4 Å². The number of hydrazine groups is 1. The van der Waals surface area contributed by atoms with Crippen molar-refractivity contribution >= 4 is 5.91 Å². The van der Waals surface area contributed by atoms with Gasteiger partial charge in [-0.05, 0) is 38.6 Å². The van der Waals surface area contributed by atoms with E-state index < -0.39 is 11.7 Å². The summed E-state index contributed by atoms with van der Waals surface area (Å²) in [5.41, 5.74) is 3.34. The molecule has 0 radical (unpaired) electrons. The van der Waals surface area contributed by atoms with Crippen LogP contribution in [0.3, 0.4) is 0 Å². The maximum Gasteiger partial charge on any atom is 0.416 e. The third-order valence-electron chi connectivity index (χ3n) is 4.88. The van der Waals surface area contributed by atoms with Crippen molar-refractivity contribution in [2.75, 3.05) is 7.05 Å². The molecule has 0 saturated carbocycles. The number of rotatable bonds is 3. The van der Waals surface area contributed by atoms with Gasteiger partial charge in [0.25, 0.3) is 0 Å². The van der Waals surface area contributed by atoms with Gasteiger partial charge in [0.15, 0.2) is 0 Å². The highest BCUT2D eigenvalue weighted by Gasteiger charge is 2.49. The largest absolute Gasteiger partial charge is 0.416 e. The number of alkyl halides is 3. The van der Waals surface area contributed by atoms with Crippen LogP contribution in [-0.4, -0.2) is 36.5 Å². The Labute approximate surface area is 144 Å². The molecule has 25 heavy (non-hydrogen) atoms. The van der Waals surface area contributed by atoms with E-state index in [0.717, 1.165) is 17.7 Å². The second-order valence-electron chi connectivity index (χ2n) is 6.49. The maximum absolute atomic E-state index is 12.7. The Kier molecular flexibility index (Phi) is 4.76. The van der Waals surface area contributed by atoms with Crippen molar-refractivity contribution in [1.82, 2.24) is 26.4 Å². The SMILES string of the molecule is CNC1NC(=O)C2C(C)NN(C(C)c3ccc(C(F)(F)F)cc3)C2N1. The van der Waals surface area contributed by atoms with Crippen LogP contribution in [0.4, 0.5) is 13.2 Å². The molecule has 9 heteroatoms. The zero-order valence-corrected chi connectivity index (χ0v) is 14.2. The van der Waals surface area contributed by atoms with Crippen LogP contribution >= 0.6 is 0 Å². The van der Waals surface area contributed by atoms with Gasteiger partial charge in [0.2, 0.25) is 5.91 Å². The minimum absolute atomic E-state index is 0.0646. The number of nitrogens with one attached hydrogen (secondary N) is 4. The van der Waals surface area contributed by atoms with Crippen LogP contribution in [0.15, 0.2) is 24.3 Å². The van der Waals surface area contributed by atoms with Gasteiger partial charge in [-0.1, -0.05) is 12.1 Å². The number of hydrogen-bond donors (Lipinski definition) is 4. The van der Waals surface area contributed by atoms with Crippen LogP contribution in [0.25, 0.3) is 0 Å². The summed E-state index contributed by atoms with van der Waals surface area (Å²) in [6.45, 7) is 3.81. The lowest BCUT2D eigenvalue weighted by molar-refractivity contribution is -0.137. The molecule has 1 aromatic carbocycles. The second-order valence-corrected chi connectivity index (χ2v) is 6.49. The predicted molar refractivity (Wildman–Crippen MR) is 85.7 cm³/mol. The summed E-state index contributed by atoms with van der Waals surface area (Å²) in [5, 5.41) is 11.0. The zero-order valence-electron chi connectivity index (χ0n) is 14.2. The zero-order chi connectivity index (χ0) is 18.4. The molecule has 2 aliphatic rings. The van der Waals surface area contributed by atoms with Crippen molar-refractivity contribution in [2.24, 2.45) is 5.92 Å². The highest BCUT2D eigenvalue weighted by molar-refractivity contribution is 5.81. The number of hydrogen-bond acceptors (Lipinski definition) is 5. The highest BCUT2D eigenvalue weighted by atomic mass is 19.4. The Morgan fingerprint density at radius 3 is 2.44 bits per heavy atom. The number of amides is 1. The van der Waals surface area contributed by atoms with Crippen LogP contribution in [0, 0.1) is 5.92 Å². The third kappa shape index (κ3) is 3.37. The van der Waals surface area contributed by atoms with Gasteiger partial charge in [0.1, 0.15) is 6.29 Å². The average molecular weight is 357 g/mol. The first-order valence-electron chi connectivity index (χ1n) is 8.17. The lowest BCUT2D eigenvalue weighted by Gasteiger charge is -2.38. The molecular weight excluding hydrogens is 335 g/mol. The molecule has 0 aromatic heterocycles. The molecule has 138 valence electrons. The van der Waals surface area contributed by atoms with Gasteiger partial charge in [-0.25, -0.2) is 10.4 Å². The molecule has 0 spiro atoms. The average Bonchev–Trinajstić information content (AvgIpc) is 2.90. The van der Waals surface area contributed by atoms with Crippen LogP contribution in [0.1, 0.15) is 31.0 Å². The number of fused-ring (bicyclic) bond motifs is 1. The fourth-order valence-corrected chi connectivity index (χ4v) is 3.47. The van der Waals surface area contributed by atoms with Crippen LogP contribution in [0.5, 0.6) is 0 Å². The standard InChI is InChI=1S/C16H22F3N5O/c1-8-12-13(21-15(20-3)22-14(12)25)24(23-8)9(2)10-4-6-11(7-5-10)16(17,18)19/h4-9,12-13,15,20-21,23H,1-3H3,(H,22,25). The van der Waals surface area contributed by atoms with E-state index >= 15 is 0 Å². The lowest BCUT2D eigenvalue weighted by Crippen LogP contribution is -2.68. The van der Waals surface area contributed by atoms with E-state index in [1.165, 1.54) is 12.1 Å². The van der Waals surface area contributed by atoms with Gasteiger partial charge in [0, 0.05) is 12.1 Å². The Balaban J connectivity index is 1.81. The fraction of sp³-hybridized carbons (Fsp3) is 0.562. The normalized spacial score (nSPS) is 31.5. The van der Waals surface area contributed by atoms with E-state index in [-0.39, 0.29) is 36.4 Å². The molecule has 1 aromatic rings. The molecule has 0 bridgehead atoms. The lowest BCUT2D eigenvalue weighted by atomic mass is 9.96. The van der Waals surface area contributed by atoms with Crippen LogP contribution in [-0.2, 0) is 11.0 Å². The summed E-state index contributed by atoms with van der Waals surface area (Å²) in [4.78, 5) is 12.3. The van der Waals surface area contributed by atoms with Gasteiger partial charge < -0.3 is 5.32 Å². The van der Waals surface area contributed by atoms with Crippen molar-refractivity contribution in [3.8, 4) is 0 Å². The van der Waals surface area contributed by atoms with Crippen molar-refractivity contribution in [2.45, 2.75) is 44.6 Å². The third-order valence-corrected chi connectivity index (χ3v) is 4.88. The minimum atomic E-state index is -4.35. The summed E-state index contributed by atoms with van der Waals surface area (Å²) in [6, 6.07) is 4.82. The summed E-state index contributed by atoms with van der Waals surface area (Å²) in [7, 11) is 1.73. The number of carbonyl (C=O) groups excluding carboxylic acids is 1. The minimum Gasteiger partial charge on any atom is -0.328 e. The quantitative estimate of drug-likeness (QED) is 0.653. The van der Waals surface area contributed by atoms with Crippen LogP contribution in [0.2, 0.25) is 0 Å². The number of halogens is 3. The van der Waals surface area contributed by atoms with Crippen molar-refractivity contribution in [1.29, 1.82) is 0 Å². The first-order valence-corrected chi connectivity index (χ1v) is 8.17. The summed E-state index contributed by atoms with van der Waals surface area (Å²) >= 11 is 0. The Morgan fingerprint density at radius 2 is 1.88 bits per heavy atom. The van der Waals surface area contributed by atoms with E-state index in [0.29, 0.717) is 0 Å². The van der Waals surface area contributed by atoms with Crippen molar-refractivity contribution < 1.29 is 18.0 Å². The fourth-order valence-electron chi connectivity index (χ4n) is 3.47. The van der Waals surface area contributed by atoms with E-state index in [1.807, 2.05) is 18.9 Å². The van der Waals surface area contributed by atoms with E-state index in [2.05, 4.69) is 21.4 Å². The van der Waals surface area contributed by atoms with Gasteiger partial charge in [-0.15, -0.1) is 0 Å². The van der Waals surface area contributed by atoms with E-state index in [9.17, 15) is 18.0 Å². The topological polar surface area (TPSA) is 68.4 Å². The molecule has 5 atom stereocenters. The molecule has 4 N–H and O–H groups in total. The van der Waals surface area contributed by atoms with E-state index in [1.54, 1.807) is 7.05 Å². The molecule has 2 fully saturated rings. The van der Waals surface area contributed by atoms with E-state index in [4.69, 9.17) is 0 Å². The highest BCUT2D eigenvalue weighted by Crippen LogP contribution is 2.33. The smallest absolute Gasteiger partial charge is 0.328 e. The Morgan fingerprint density at radius 1 is 1.24 bits per heavy atom. The molecule has 6 nitrogen and oxygen atoms in total. The number of benzene rings is 1. The first-order chi connectivity index (χ1) is 11.7. The Bertz CT molecular complexity index is 636. The van der Waals surface area contributed by atoms with Crippen LogP contribution < -0.4 is 21.4 Å².